The largest absolute Gasteiger partial charge is 0.216 e. The molecule has 1 aliphatic rings. The molecule has 1 aromatic heterocycles. The Bertz CT molecular complexity index is 662. The average molecular weight is 407 g/mol. The summed E-state index contributed by atoms with van der Waals surface area (Å²) in [6.07, 6.45) is 4.61. The second-order valence-electron chi connectivity index (χ2n) is 5.15. The molecule has 0 unspecified atom stereocenters. The van der Waals surface area contributed by atoms with Gasteiger partial charge in [-0.3, -0.25) is 0 Å². The van der Waals surface area contributed by atoms with Crippen molar-refractivity contribution in [2.24, 2.45) is 0 Å². The third kappa shape index (κ3) is 3.21. The molecular formula is C15H12BrCl3N2. The second kappa shape index (κ2) is 6.41. The van der Waals surface area contributed by atoms with Gasteiger partial charge in [0, 0.05) is 15.6 Å². The number of hydrogen-bond donors (Lipinski definition) is 0. The fourth-order valence-electron chi connectivity index (χ4n) is 2.76. The molecule has 2 nitrogen and oxygen atoms in total. The van der Waals surface area contributed by atoms with Gasteiger partial charge >= 0.3 is 0 Å². The summed E-state index contributed by atoms with van der Waals surface area (Å²) in [7, 11) is 0. The van der Waals surface area contributed by atoms with Crippen molar-refractivity contribution in [3.8, 4) is 11.4 Å². The summed E-state index contributed by atoms with van der Waals surface area (Å²) >= 11 is 22.3. The minimum Gasteiger partial charge on any atom is -0.216 e. The summed E-state index contributed by atoms with van der Waals surface area (Å²) in [6.45, 7) is 0. The second-order valence-corrected chi connectivity index (χ2v) is 7.19. The molecule has 0 spiro atoms. The van der Waals surface area contributed by atoms with Crippen molar-refractivity contribution in [2.45, 2.75) is 31.6 Å². The van der Waals surface area contributed by atoms with E-state index in [-0.39, 0.29) is 0 Å². The summed E-state index contributed by atoms with van der Waals surface area (Å²) in [5.41, 5.74) is 1.61. The van der Waals surface area contributed by atoms with Gasteiger partial charge in [0.1, 0.15) is 10.3 Å². The van der Waals surface area contributed by atoms with Crippen molar-refractivity contribution in [2.75, 3.05) is 0 Å². The van der Waals surface area contributed by atoms with Crippen LogP contribution in [0.15, 0.2) is 22.7 Å². The van der Waals surface area contributed by atoms with E-state index in [0.29, 0.717) is 27.1 Å². The number of rotatable bonds is 2. The number of benzene rings is 1. The monoisotopic (exact) mass is 404 g/mol. The SMILES string of the molecule is Clc1cc(Br)ccc1-c1nc(Cl)c(C2CCCC2)c(Cl)n1. The highest BCUT2D eigenvalue weighted by Crippen LogP contribution is 2.41. The lowest BCUT2D eigenvalue weighted by atomic mass is 10.0. The maximum atomic E-state index is 6.36. The standard InChI is InChI=1S/C15H12BrCl3N2/c16-9-5-6-10(11(17)7-9)15-20-13(18)12(14(19)21-15)8-3-1-2-4-8/h5-8H,1-4H2. The molecular weight excluding hydrogens is 394 g/mol. The first kappa shape index (κ1) is 15.5. The highest BCUT2D eigenvalue weighted by Gasteiger charge is 2.25. The Morgan fingerprint density at radius 1 is 1.00 bits per heavy atom. The highest BCUT2D eigenvalue weighted by atomic mass is 79.9. The van der Waals surface area contributed by atoms with Crippen LogP contribution >= 0.6 is 50.7 Å². The Balaban J connectivity index is 2.05. The van der Waals surface area contributed by atoms with E-state index in [1.807, 2.05) is 12.1 Å². The van der Waals surface area contributed by atoms with Gasteiger partial charge < -0.3 is 0 Å². The first-order valence-electron chi connectivity index (χ1n) is 6.74. The lowest BCUT2D eigenvalue weighted by Gasteiger charge is -2.14. The molecule has 21 heavy (non-hydrogen) atoms. The van der Waals surface area contributed by atoms with Crippen LogP contribution in [-0.2, 0) is 0 Å². The van der Waals surface area contributed by atoms with Gasteiger partial charge in [-0.25, -0.2) is 9.97 Å². The van der Waals surface area contributed by atoms with E-state index in [1.54, 1.807) is 6.07 Å². The third-order valence-corrected chi connectivity index (χ3v) is 5.17. The van der Waals surface area contributed by atoms with Crippen molar-refractivity contribution in [3.05, 3.63) is 43.6 Å². The van der Waals surface area contributed by atoms with Crippen molar-refractivity contribution in [3.63, 3.8) is 0 Å². The summed E-state index contributed by atoms with van der Waals surface area (Å²) in [5, 5.41) is 1.44. The number of halogens is 4. The molecule has 0 amide bonds. The molecule has 0 atom stereocenters. The van der Waals surface area contributed by atoms with Crippen LogP contribution in [0.5, 0.6) is 0 Å². The fraction of sp³-hybridized carbons (Fsp3) is 0.333. The molecule has 0 saturated heterocycles. The fourth-order valence-corrected chi connectivity index (χ4v) is 4.21. The van der Waals surface area contributed by atoms with E-state index in [4.69, 9.17) is 34.8 Å². The van der Waals surface area contributed by atoms with E-state index < -0.39 is 0 Å². The Morgan fingerprint density at radius 3 is 2.19 bits per heavy atom. The third-order valence-electron chi connectivity index (χ3n) is 3.79. The lowest BCUT2D eigenvalue weighted by Crippen LogP contribution is -2.01. The summed E-state index contributed by atoms with van der Waals surface area (Å²) in [5.74, 6) is 0.837. The minimum atomic E-state index is 0.374. The number of hydrogen-bond acceptors (Lipinski definition) is 2. The van der Waals surface area contributed by atoms with Crippen molar-refractivity contribution in [1.82, 2.24) is 9.97 Å². The average Bonchev–Trinajstić information content (AvgIpc) is 2.91. The van der Waals surface area contributed by atoms with E-state index in [1.165, 1.54) is 12.8 Å². The van der Waals surface area contributed by atoms with Crippen molar-refractivity contribution >= 4 is 50.7 Å². The molecule has 1 aliphatic carbocycles. The molecule has 6 heteroatoms. The van der Waals surface area contributed by atoms with Crippen LogP contribution in [0.3, 0.4) is 0 Å². The molecule has 0 radical (unpaired) electrons. The molecule has 3 rings (SSSR count). The quantitative estimate of drug-likeness (QED) is 0.530. The van der Waals surface area contributed by atoms with E-state index >= 15 is 0 Å². The summed E-state index contributed by atoms with van der Waals surface area (Å²) < 4.78 is 0.899. The van der Waals surface area contributed by atoms with Gasteiger partial charge in [0.25, 0.3) is 0 Å². The molecule has 0 N–H and O–H groups in total. The van der Waals surface area contributed by atoms with Crippen LogP contribution in [0.4, 0.5) is 0 Å². The highest BCUT2D eigenvalue weighted by molar-refractivity contribution is 9.10. The topological polar surface area (TPSA) is 25.8 Å². The smallest absolute Gasteiger partial charge is 0.164 e. The van der Waals surface area contributed by atoms with Crippen LogP contribution in [0.1, 0.15) is 37.2 Å². The zero-order chi connectivity index (χ0) is 15.0. The van der Waals surface area contributed by atoms with Crippen LogP contribution in [0.2, 0.25) is 15.3 Å². The zero-order valence-electron chi connectivity index (χ0n) is 11.0. The Hall–Kier alpha value is -0.350. The predicted octanol–water partition coefficient (Wildman–Crippen LogP) is 6.52. The Labute approximate surface area is 147 Å². The van der Waals surface area contributed by atoms with E-state index in [2.05, 4.69) is 25.9 Å². The molecule has 1 heterocycles. The van der Waals surface area contributed by atoms with Crippen LogP contribution in [0.25, 0.3) is 11.4 Å². The van der Waals surface area contributed by atoms with Crippen molar-refractivity contribution < 1.29 is 0 Å². The molecule has 1 aromatic carbocycles. The molecule has 2 aromatic rings. The van der Waals surface area contributed by atoms with Gasteiger partial charge in [-0.2, -0.15) is 0 Å². The predicted molar refractivity (Wildman–Crippen MR) is 91.4 cm³/mol. The maximum Gasteiger partial charge on any atom is 0.164 e. The lowest BCUT2D eigenvalue weighted by molar-refractivity contribution is 0.715. The minimum absolute atomic E-state index is 0.374. The number of nitrogens with zero attached hydrogens (tertiary/aromatic N) is 2. The first-order valence-corrected chi connectivity index (χ1v) is 8.67. The van der Waals surface area contributed by atoms with Gasteiger partial charge in [-0.15, -0.1) is 0 Å². The van der Waals surface area contributed by atoms with Gasteiger partial charge in [-0.1, -0.05) is 63.6 Å². The summed E-state index contributed by atoms with van der Waals surface area (Å²) in [6, 6.07) is 5.54. The van der Waals surface area contributed by atoms with Crippen LogP contribution < -0.4 is 0 Å². The Morgan fingerprint density at radius 2 is 1.62 bits per heavy atom. The zero-order valence-corrected chi connectivity index (χ0v) is 14.9. The normalized spacial score (nSPS) is 15.6. The van der Waals surface area contributed by atoms with Gasteiger partial charge in [-0.05, 0) is 37.0 Å². The van der Waals surface area contributed by atoms with Gasteiger partial charge in [0.2, 0.25) is 0 Å². The van der Waals surface area contributed by atoms with E-state index in [0.717, 1.165) is 28.4 Å². The van der Waals surface area contributed by atoms with Gasteiger partial charge in [0.15, 0.2) is 5.82 Å². The maximum absolute atomic E-state index is 6.36. The molecule has 110 valence electrons. The summed E-state index contributed by atoms with van der Waals surface area (Å²) in [4.78, 5) is 8.82. The molecule has 0 bridgehead atoms. The molecule has 1 fully saturated rings. The Kier molecular flexibility index (Phi) is 4.75. The van der Waals surface area contributed by atoms with Gasteiger partial charge in [0.05, 0.1) is 5.02 Å². The van der Waals surface area contributed by atoms with E-state index in [9.17, 15) is 0 Å². The molecule has 1 saturated carbocycles. The van der Waals surface area contributed by atoms with Crippen molar-refractivity contribution in [1.29, 1.82) is 0 Å². The number of aromatic nitrogens is 2. The van der Waals surface area contributed by atoms with Crippen LogP contribution in [0, 0.1) is 0 Å². The first-order chi connectivity index (χ1) is 10.1. The van der Waals surface area contributed by atoms with Crippen LogP contribution in [-0.4, -0.2) is 9.97 Å². The molecule has 0 aliphatic heterocycles.